The second-order valence-electron chi connectivity index (χ2n) is 12.4. The van der Waals surface area contributed by atoms with Gasteiger partial charge in [0.05, 0.1) is 10.7 Å². The molecule has 1 aromatic carbocycles. The van der Waals surface area contributed by atoms with Gasteiger partial charge in [-0.1, -0.05) is 119 Å². The number of hydrogen-bond acceptors (Lipinski definition) is 2. The second kappa shape index (κ2) is 18.6. The molecule has 1 heterocycles. The van der Waals surface area contributed by atoms with Crippen LogP contribution >= 0.6 is 0 Å². The van der Waals surface area contributed by atoms with Crippen LogP contribution in [0.4, 0.5) is 0 Å². The second-order valence-corrected chi connectivity index (χ2v) is 12.4. The van der Waals surface area contributed by atoms with Crippen LogP contribution in [0.25, 0.3) is 12.2 Å². The lowest BCUT2D eigenvalue weighted by atomic mass is 9.71. The third-order valence-corrected chi connectivity index (χ3v) is 8.55. The third-order valence-electron chi connectivity index (χ3n) is 8.55. The van der Waals surface area contributed by atoms with E-state index < -0.39 is 0 Å². The summed E-state index contributed by atoms with van der Waals surface area (Å²) in [6, 6.07) is 11.2. The standard InChI is InChI=1S/C22H35N.C9H12.C8H10N2/c1-3-15-22(16-4-2,21-11-6-5-7-12-21)17-19-23-18-9-8-10-20-13-14-20;1-8(2)9-6-4-3-5-7-9;1-6-9-7-4-2-3-5-8(7)10-6/h5-7,11-12,18,20H,3-4,8-10,13-17,19H2,1-2H3;4,6-7H,1,3,5H2,2H3;4-5H,2-3H2,1H3,(H,9,10). The van der Waals surface area contributed by atoms with E-state index in [0.29, 0.717) is 5.41 Å². The van der Waals surface area contributed by atoms with E-state index in [1.54, 1.807) is 0 Å². The van der Waals surface area contributed by atoms with E-state index in [2.05, 4.69) is 97.3 Å². The number of nitrogens with zero attached hydrogens (tertiary/aromatic N) is 2. The molecule has 3 aliphatic rings. The lowest BCUT2D eigenvalue weighted by Gasteiger charge is -2.34. The maximum Gasteiger partial charge on any atom is 0.104 e. The first kappa shape index (κ1) is 33.6. The van der Waals surface area contributed by atoms with Crippen molar-refractivity contribution in [1.82, 2.24) is 9.97 Å². The number of allylic oxidation sites excluding steroid dienone is 5. The van der Waals surface area contributed by atoms with Gasteiger partial charge in [-0.3, -0.25) is 4.99 Å². The highest BCUT2D eigenvalue weighted by Crippen LogP contribution is 2.38. The number of benzene rings is 1. The van der Waals surface area contributed by atoms with Gasteiger partial charge in [0.2, 0.25) is 0 Å². The fourth-order valence-electron chi connectivity index (χ4n) is 6.14. The lowest BCUT2D eigenvalue weighted by Crippen LogP contribution is -2.27. The molecule has 3 heteroatoms. The molecule has 228 valence electrons. The van der Waals surface area contributed by atoms with Crippen LogP contribution in [0.15, 0.2) is 71.3 Å². The summed E-state index contributed by atoms with van der Waals surface area (Å²) in [6.07, 6.45) is 30.9. The van der Waals surface area contributed by atoms with Crippen molar-refractivity contribution in [2.75, 3.05) is 6.54 Å². The Morgan fingerprint density at radius 1 is 1.00 bits per heavy atom. The number of nitrogens with one attached hydrogen (secondary N) is 1. The summed E-state index contributed by atoms with van der Waals surface area (Å²) in [5.74, 6) is 2.07. The Balaban J connectivity index is 0.000000207. The van der Waals surface area contributed by atoms with Gasteiger partial charge >= 0.3 is 0 Å². The van der Waals surface area contributed by atoms with Gasteiger partial charge in [0.25, 0.3) is 0 Å². The van der Waals surface area contributed by atoms with Crippen molar-refractivity contribution in [1.29, 1.82) is 0 Å². The minimum absolute atomic E-state index is 0.329. The molecule has 5 rings (SSSR count). The smallest absolute Gasteiger partial charge is 0.104 e. The molecule has 0 unspecified atom stereocenters. The number of imidazole rings is 1. The Kier molecular flexibility index (Phi) is 14.8. The first-order chi connectivity index (χ1) is 20.5. The predicted octanol–water partition coefficient (Wildman–Crippen LogP) is 9.48. The van der Waals surface area contributed by atoms with E-state index in [1.165, 1.54) is 99.1 Å². The van der Waals surface area contributed by atoms with E-state index in [9.17, 15) is 0 Å². The molecule has 1 aromatic heterocycles. The fraction of sp³-hybridized carbons (Fsp3) is 0.538. The van der Waals surface area contributed by atoms with Crippen molar-refractivity contribution < 1.29 is 0 Å². The molecule has 0 saturated heterocycles. The van der Waals surface area contributed by atoms with E-state index >= 15 is 0 Å². The van der Waals surface area contributed by atoms with Crippen LogP contribution in [0, 0.1) is 12.8 Å². The van der Waals surface area contributed by atoms with Crippen molar-refractivity contribution in [3.8, 4) is 0 Å². The topological polar surface area (TPSA) is 41.0 Å². The molecule has 3 nitrogen and oxygen atoms in total. The number of fused-ring (bicyclic) bond motifs is 1. The zero-order valence-corrected chi connectivity index (χ0v) is 27.1. The van der Waals surface area contributed by atoms with Crippen LogP contribution in [0.5, 0.6) is 0 Å². The summed E-state index contributed by atoms with van der Waals surface area (Å²) >= 11 is 0. The summed E-state index contributed by atoms with van der Waals surface area (Å²) < 4.78 is 0. The molecule has 0 aliphatic heterocycles. The Morgan fingerprint density at radius 3 is 2.31 bits per heavy atom. The maximum atomic E-state index is 4.74. The molecule has 0 radical (unpaired) electrons. The molecule has 0 amide bonds. The van der Waals surface area contributed by atoms with Crippen LogP contribution in [0.3, 0.4) is 0 Å². The molecule has 1 saturated carbocycles. The molecule has 0 spiro atoms. The summed E-state index contributed by atoms with van der Waals surface area (Å²) in [4.78, 5) is 12.2. The maximum absolute atomic E-state index is 4.74. The molecule has 0 bridgehead atoms. The fourth-order valence-corrected chi connectivity index (χ4v) is 6.14. The number of aromatic amines is 1. The van der Waals surface area contributed by atoms with Crippen molar-refractivity contribution in [2.45, 2.75) is 123 Å². The SMILES string of the molecule is C=C(C)C1=CCCC=C1.CCCC(CCC)(CCN=CCCCC1CC1)c1ccccc1.Cc1nc2c([nH]1)=CCCC=2. The van der Waals surface area contributed by atoms with E-state index in [-0.39, 0.29) is 0 Å². The highest BCUT2D eigenvalue weighted by Gasteiger charge is 2.29. The quantitative estimate of drug-likeness (QED) is 0.190. The minimum Gasteiger partial charge on any atom is -0.342 e. The molecular formula is C39H57N3. The van der Waals surface area contributed by atoms with Gasteiger partial charge in [-0.15, -0.1) is 0 Å². The predicted molar refractivity (Wildman–Crippen MR) is 184 cm³/mol. The summed E-state index contributed by atoms with van der Waals surface area (Å²) in [6.45, 7) is 13.5. The highest BCUT2D eigenvalue weighted by molar-refractivity contribution is 5.57. The normalized spacial score (nSPS) is 15.8. The van der Waals surface area contributed by atoms with Crippen molar-refractivity contribution in [3.05, 3.63) is 88.4 Å². The molecular weight excluding hydrogens is 510 g/mol. The average molecular weight is 568 g/mol. The van der Waals surface area contributed by atoms with Gasteiger partial charge in [0, 0.05) is 6.54 Å². The average Bonchev–Trinajstić information content (AvgIpc) is 3.76. The van der Waals surface area contributed by atoms with Crippen LogP contribution in [-0.2, 0) is 5.41 Å². The summed E-state index contributed by atoms with van der Waals surface area (Å²) in [5, 5.41) is 2.33. The number of aromatic nitrogens is 2. The van der Waals surface area contributed by atoms with Gasteiger partial charge in [-0.2, -0.15) is 0 Å². The van der Waals surface area contributed by atoms with Gasteiger partial charge in [0.15, 0.2) is 0 Å². The van der Waals surface area contributed by atoms with E-state index in [4.69, 9.17) is 4.99 Å². The van der Waals surface area contributed by atoms with Crippen LogP contribution < -0.4 is 10.7 Å². The zero-order valence-electron chi connectivity index (χ0n) is 27.1. The minimum atomic E-state index is 0.329. The Morgan fingerprint density at radius 2 is 1.71 bits per heavy atom. The molecule has 0 atom stereocenters. The van der Waals surface area contributed by atoms with Crippen molar-refractivity contribution >= 4 is 18.4 Å². The molecule has 1 N–H and O–H groups in total. The van der Waals surface area contributed by atoms with Crippen molar-refractivity contribution in [3.63, 3.8) is 0 Å². The number of H-pyrrole nitrogens is 1. The molecule has 3 aliphatic carbocycles. The third kappa shape index (κ3) is 11.7. The van der Waals surface area contributed by atoms with Gasteiger partial charge in [-0.25, -0.2) is 4.98 Å². The Labute approximate surface area is 256 Å². The van der Waals surface area contributed by atoms with Crippen molar-refractivity contribution in [2.24, 2.45) is 10.9 Å². The lowest BCUT2D eigenvalue weighted by molar-refractivity contribution is 0.335. The monoisotopic (exact) mass is 567 g/mol. The van der Waals surface area contributed by atoms with E-state index in [0.717, 1.165) is 36.5 Å². The largest absolute Gasteiger partial charge is 0.342 e. The Hall–Kier alpha value is -2.94. The van der Waals surface area contributed by atoms with Crippen LogP contribution in [-0.4, -0.2) is 22.7 Å². The van der Waals surface area contributed by atoms with Gasteiger partial charge in [0.1, 0.15) is 5.82 Å². The van der Waals surface area contributed by atoms with E-state index in [1.807, 2.05) is 13.8 Å². The van der Waals surface area contributed by atoms with Crippen LogP contribution in [0.2, 0.25) is 0 Å². The number of hydrogen-bond donors (Lipinski definition) is 1. The van der Waals surface area contributed by atoms with Gasteiger partial charge in [-0.05, 0) is 100 Å². The summed E-state index contributed by atoms with van der Waals surface area (Å²) in [7, 11) is 0. The van der Waals surface area contributed by atoms with Crippen LogP contribution in [0.1, 0.15) is 122 Å². The zero-order chi connectivity index (χ0) is 30.0. The first-order valence-electron chi connectivity index (χ1n) is 16.8. The number of aryl methyl sites for hydroxylation is 1. The summed E-state index contributed by atoms with van der Waals surface area (Å²) in [5.41, 5.74) is 4.33. The number of unbranched alkanes of at least 4 members (excludes halogenated alkanes) is 1. The molecule has 42 heavy (non-hydrogen) atoms. The Bertz CT molecular complexity index is 1230. The molecule has 1 fully saturated rings. The number of rotatable bonds is 13. The van der Waals surface area contributed by atoms with Gasteiger partial charge < -0.3 is 4.98 Å². The highest BCUT2D eigenvalue weighted by atomic mass is 14.9. The molecule has 2 aromatic rings. The first-order valence-corrected chi connectivity index (χ1v) is 16.8. The number of aliphatic imine (C=N–C) groups is 1.